The van der Waals surface area contributed by atoms with Gasteiger partial charge in [0.1, 0.15) is 5.69 Å². The van der Waals surface area contributed by atoms with Crippen molar-refractivity contribution in [3.8, 4) is 0 Å². The smallest absolute Gasteiger partial charge is 0.269 e. The number of hydrogen-bond donors (Lipinski definition) is 2. The molecular weight excluding hydrogens is 264 g/mol. The van der Waals surface area contributed by atoms with Gasteiger partial charge in [-0.15, -0.1) is 0 Å². The number of hydrogen-bond acceptors (Lipinski definition) is 4. The molecule has 1 atom stereocenters. The molecule has 1 unspecified atom stereocenters. The van der Waals surface area contributed by atoms with E-state index in [9.17, 15) is 4.79 Å². The summed E-state index contributed by atoms with van der Waals surface area (Å²) in [6.07, 6.45) is 4.18. The van der Waals surface area contributed by atoms with Crippen molar-refractivity contribution >= 4 is 11.6 Å². The van der Waals surface area contributed by atoms with E-state index in [2.05, 4.69) is 34.4 Å². The molecule has 1 aliphatic heterocycles. The molecule has 1 aromatic heterocycles. The van der Waals surface area contributed by atoms with Gasteiger partial charge in [-0.1, -0.05) is 13.8 Å². The Hall–Kier alpha value is -1.62. The highest BCUT2D eigenvalue weighted by Gasteiger charge is 2.21. The Kier molecular flexibility index (Phi) is 5.56. The maximum absolute atomic E-state index is 11.7. The van der Waals surface area contributed by atoms with Crippen LogP contribution in [-0.4, -0.2) is 43.6 Å². The summed E-state index contributed by atoms with van der Waals surface area (Å²) in [6.45, 7) is 7.51. The number of carbonyl (C=O) groups excluding carboxylic acids is 1. The third kappa shape index (κ3) is 4.43. The first-order valence-corrected chi connectivity index (χ1v) is 7.76. The highest BCUT2D eigenvalue weighted by Crippen LogP contribution is 2.23. The van der Waals surface area contributed by atoms with Gasteiger partial charge in [-0.2, -0.15) is 0 Å². The van der Waals surface area contributed by atoms with Gasteiger partial charge in [0.15, 0.2) is 0 Å². The van der Waals surface area contributed by atoms with Crippen molar-refractivity contribution in [2.45, 2.75) is 32.7 Å². The van der Waals surface area contributed by atoms with E-state index in [4.69, 9.17) is 0 Å². The zero-order valence-corrected chi connectivity index (χ0v) is 13.2. The fourth-order valence-corrected chi connectivity index (χ4v) is 2.74. The second-order valence-corrected chi connectivity index (χ2v) is 6.00. The third-order valence-corrected chi connectivity index (χ3v) is 3.90. The van der Waals surface area contributed by atoms with E-state index in [1.807, 2.05) is 12.1 Å². The van der Waals surface area contributed by atoms with Crippen LogP contribution in [0.3, 0.4) is 0 Å². The summed E-state index contributed by atoms with van der Waals surface area (Å²) in [5.74, 6) is 0.532. The topological polar surface area (TPSA) is 57.3 Å². The number of amides is 1. The van der Waals surface area contributed by atoms with Gasteiger partial charge in [-0.05, 0) is 37.4 Å². The predicted molar refractivity (Wildman–Crippen MR) is 85.7 cm³/mol. The fraction of sp³-hybridized carbons (Fsp3) is 0.625. The van der Waals surface area contributed by atoms with Gasteiger partial charge in [-0.25, -0.2) is 0 Å². The molecule has 5 heteroatoms. The Morgan fingerprint density at radius 1 is 1.52 bits per heavy atom. The van der Waals surface area contributed by atoms with E-state index in [-0.39, 0.29) is 5.91 Å². The summed E-state index contributed by atoms with van der Waals surface area (Å²) in [5, 5.41) is 6.15. The number of pyridine rings is 1. The third-order valence-electron chi connectivity index (χ3n) is 3.90. The van der Waals surface area contributed by atoms with E-state index < -0.39 is 0 Å². The summed E-state index contributed by atoms with van der Waals surface area (Å²) in [4.78, 5) is 18.2. The van der Waals surface area contributed by atoms with Gasteiger partial charge in [0, 0.05) is 38.1 Å². The zero-order valence-electron chi connectivity index (χ0n) is 13.2. The molecule has 1 aliphatic rings. The lowest BCUT2D eigenvalue weighted by Gasteiger charge is -2.35. The van der Waals surface area contributed by atoms with Crippen molar-refractivity contribution in [1.82, 2.24) is 15.6 Å². The summed E-state index contributed by atoms with van der Waals surface area (Å²) < 4.78 is 0. The van der Waals surface area contributed by atoms with E-state index in [0.717, 1.165) is 25.3 Å². The maximum Gasteiger partial charge on any atom is 0.269 e. The van der Waals surface area contributed by atoms with Crippen LogP contribution in [0, 0.1) is 5.92 Å². The van der Waals surface area contributed by atoms with Crippen LogP contribution < -0.4 is 15.5 Å². The van der Waals surface area contributed by atoms with Gasteiger partial charge in [-0.3, -0.25) is 9.78 Å². The molecule has 2 heterocycles. The first-order valence-electron chi connectivity index (χ1n) is 7.76. The van der Waals surface area contributed by atoms with Crippen LogP contribution in [0.2, 0.25) is 0 Å². The zero-order chi connectivity index (χ0) is 15.2. The second-order valence-electron chi connectivity index (χ2n) is 6.00. The van der Waals surface area contributed by atoms with Crippen LogP contribution in [0.25, 0.3) is 0 Å². The monoisotopic (exact) mass is 290 g/mol. The van der Waals surface area contributed by atoms with Crippen molar-refractivity contribution < 1.29 is 4.79 Å². The molecule has 0 saturated carbocycles. The predicted octanol–water partition coefficient (Wildman–Crippen LogP) is 1.66. The molecule has 0 radical (unpaired) electrons. The number of nitrogens with one attached hydrogen (secondary N) is 2. The normalized spacial score (nSPS) is 18.9. The van der Waals surface area contributed by atoms with Crippen LogP contribution in [0.1, 0.15) is 37.2 Å². The van der Waals surface area contributed by atoms with Crippen LogP contribution in [0.5, 0.6) is 0 Å². The van der Waals surface area contributed by atoms with Gasteiger partial charge >= 0.3 is 0 Å². The number of carbonyl (C=O) groups is 1. The standard InChI is InChI=1S/C16H26N4O/c1-12(2)19-10-13-5-4-8-20(11-13)14-6-7-18-15(9-14)16(21)17-3/h6-7,9,12-13,19H,4-5,8,10-11H2,1-3H3,(H,17,21). The Morgan fingerprint density at radius 2 is 2.33 bits per heavy atom. The average molecular weight is 290 g/mol. The van der Waals surface area contributed by atoms with Crippen molar-refractivity contribution in [2.75, 3.05) is 31.6 Å². The van der Waals surface area contributed by atoms with Crippen molar-refractivity contribution in [3.05, 3.63) is 24.0 Å². The number of piperidine rings is 1. The average Bonchev–Trinajstić information content (AvgIpc) is 2.52. The lowest BCUT2D eigenvalue weighted by atomic mass is 9.97. The lowest BCUT2D eigenvalue weighted by molar-refractivity contribution is 0.0958. The summed E-state index contributed by atoms with van der Waals surface area (Å²) in [5.41, 5.74) is 1.58. The highest BCUT2D eigenvalue weighted by atomic mass is 16.1. The molecule has 116 valence electrons. The molecule has 1 amide bonds. The minimum atomic E-state index is -0.133. The van der Waals surface area contributed by atoms with Gasteiger partial charge in [0.05, 0.1) is 0 Å². The molecule has 2 rings (SSSR count). The van der Waals surface area contributed by atoms with Crippen LogP contribution >= 0.6 is 0 Å². The molecule has 0 spiro atoms. The molecule has 0 aliphatic carbocycles. The minimum absolute atomic E-state index is 0.133. The van der Waals surface area contributed by atoms with Gasteiger partial charge in [0.2, 0.25) is 0 Å². The SMILES string of the molecule is CNC(=O)c1cc(N2CCCC(CNC(C)C)C2)ccn1. The van der Waals surface area contributed by atoms with E-state index in [1.165, 1.54) is 12.8 Å². The Bertz CT molecular complexity index is 475. The Labute approximate surface area is 127 Å². The highest BCUT2D eigenvalue weighted by molar-refractivity contribution is 5.92. The van der Waals surface area contributed by atoms with Crippen molar-refractivity contribution in [3.63, 3.8) is 0 Å². The maximum atomic E-state index is 11.7. The van der Waals surface area contributed by atoms with E-state index in [1.54, 1.807) is 13.2 Å². The van der Waals surface area contributed by atoms with Gasteiger partial charge < -0.3 is 15.5 Å². The summed E-state index contributed by atoms with van der Waals surface area (Å²) in [6, 6.07) is 4.41. The number of rotatable bonds is 5. The molecular formula is C16H26N4O. The lowest BCUT2D eigenvalue weighted by Crippen LogP contribution is -2.41. The molecule has 1 fully saturated rings. The molecule has 0 aromatic carbocycles. The van der Waals surface area contributed by atoms with Crippen LogP contribution in [0.15, 0.2) is 18.3 Å². The molecule has 5 nitrogen and oxygen atoms in total. The minimum Gasteiger partial charge on any atom is -0.371 e. The first kappa shape index (κ1) is 15.8. The molecule has 2 N–H and O–H groups in total. The molecule has 21 heavy (non-hydrogen) atoms. The molecule has 1 aromatic rings. The largest absolute Gasteiger partial charge is 0.371 e. The first-order chi connectivity index (χ1) is 10.1. The number of aromatic nitrogens is 1. The number of anilines is 1. The van der Waals surface area contributed by atoms with Crippen LogP contribution in [0.4, 0.5) is 5.69 Å². The quantitative estimate of drug-likeness (QED) is 0.866. The fourth-order valence-electron chi connectivity index (χ4n) is 2.74. The van der Waals surface area contributed by atoms with E-state index >= 15 is 0 Å². The van der Waals surface area contributed by atoms with Crippen molar-refractivity contribution in [2.24, 2.45) is 5.92 Å². The van der Waals surface area contributed by atoms with E-state index in [0.29, 0.717) is 17.7 Å². The molecule has 0 bridgehead atoms. The van der Waals surface area contributed by atoms with Gasteiger partial charge in [0.25, 0.3) is 5.91 Å². The number of nitrogens with zero attached hydrogens (tertiary/aromatic N) is 2. The Balaban J connectivity index is 2.02. The second kappa shape index (κ2) is 7.41. The summed E-state index contributed by atoms with van der Waals surface area (Å²) in [7, 11) is 1.63. The van der Waals surface area contributed by atoms with Crippen LogP contribution in [-0.2, 0) is 0 Å². The van der Waals surface area contributed by atoms with Crippen molar-refractivity contribution in [1.29, 1.82) is 0 Å². The summed E-state index contributed by atoms with van der Waals surface area (Å²) >= 11 is 0. The Morgan fingerprint density at radius 3 is 3.05 bits per heavy atom. The molecule has 1 saturated heterocycles.